The molecule has 4 aromatic heterocycles. The molecule has 63 heavy (non-hydrogen) atoms. The molecule has 3 aromatic carbocycles. The first kappa shape index (κ1) is 37.1. The molecule has 17 nitrogen and oxygen atoms in total. The molecule has 0 saturated heterocycles. The molecular formula is C45H33N7O10S. The number of thioether (sulfide) groups is 1. The maximum Gasteiger partial charge on any atom is 0.419 e. The lowest BCUT2D eigenvalue weighted by atomic mass is 9.93. The van der Waals surface area contributed by atoms with Crippen LogP contribution in [0.2, 0.25) is 0 Å². The van der Waals surface area contributed by atoms with Crippen LogP contribution in [0.3, 0.4) is 0 Å². The second-order valence-electron chi connectivity index (χ2n) is 15.2. The summed E-state index contributed by atoms with van der Waals surface area (Å²) in [6.45, 7) is 2.05. The monoisotopic (exact) mass is 863 g/mol. The first-order valence-electron chi connectivity index (χ1n) is 20.1. The van der Waals surface area contributed by atoms with E-state index in [9.17, 15) is 14.4 Å². The number of ether oxygens (including phenoxy) is 6. The van der Waals surface area contributed by atoms with Gasteiger partial charge in [-0.2, -0.15) is 0 Å². The summed E-state index contributed by atoms with van der Waals surface area (Å²) in [4.78, 5) is 57.6. The van der Waals surface area contributed by atoms with E-state index in [4.69, 9.17) is 37.8 Å². The van der Waals surface area contributed by atoms with Crippen molar-refractivity contribution in [1.29, 1.82) is 0 Å². The predicted octanol–water partition coefficient (Wildman–Crippen LogP) is 6.57. The van der Waals surface area contributed by atoms with Crippen molar-refractivity contribution in [2.75, 3.05) is 60.4 Å². The summed E-state index contributed by atoms with van der Waals surface area (Å²) in [7, 11) is 1.67. The van der Waals surface area contributed by atoms with Crippen molar-refractivity contribution in [2.24, 2.45) is 7.05 Å². The van der Waals surface area contributed by atoms with Crippen LogP contribution in [0.15, 0.2) is 99.6 Å². The summed E-state index contributed by atoms with van der Waals surface area (Å²) in [5.41, 5.74) is 7.29. The van der Waals surface area contributed by atoms with Crippen LogP contribution >= 0.6 is 11.8 Å². The number of oxazole rings is 1. The normalized spacial score (nSPS) is 17.3. The van der Waals surface area contributed by atoms with E-state index in [1.807, 2.05) is 30.3 Å². The molecule has 0 radical (unpaired) electrons. The number of pyridine rings is 3. The molecule has 1 atom stereocenters. The fourth-order valence-corrected chi connectivity index (χ4v) is 9.28. The third-order valence-electron chi connectivity index (χ3n) is 11.4. The van der Waals surface area contributed by atoms with Gasteiger partial charge < -0.3 is 38.2 Å². The van der Waals surface area contributed by atoms with Gasteiger partial charge in [-0.1, -0.05) is 17.8 Å². The Kier molecular flexibility index (Phi) is 8.50. The van der Waals surface area contributed by atoms with Gasteiger partial charge in [-0.3, -0.25) is 28.9 Å². The van der Waals surface area contributed by atoms with E-state index in [1.54, 1.807) is 66.9 Å². The second kappa shape index (κ2) is 14.4. The molecule has 5 aliphatic heterocycles. The predicted molar refractivity (Wildman–Crippen MR) is 229 cm³/mol. The Balaban J connectivity index is 0.903. The standard InChI is InChI=1S/C45H33N7O10S/c1-50-42-34(62-45(50)55)7-4-27(41(42)23-2-5-32-28(12-23)46-8-9-56-32)24-13-31-44(49-17-24)63-22-40(54)52(31)26-14-30-43(48-18-26)60-21-39(53)51(30)25-3-6-33-35(15-25)59-20-38(61-33)29-16-36-37(19-47-29)58-11-10-57-36/h2-7,12-19,38,46H,8-11,20-22H2,1H3. The molecular weight excluding hydrogens is 831 g/mol. The number of hydrogen-bond donors (Lipinski definition) is 1. The summed E-state index contributed by atoms with van der Waals surface area (Å²) in [5, 5.41) is 4.03. The third kappa shape index (κ3) is 6.15. The highest BCUT2D eigenvalue weighted by molar-refractivity contribution is 8.00. The summed E-state index contributed by atoms with van der Waals surface area (Å²) < 4.78 is 42.6. The number of rotatable bonds is 5. The van der Waals surface area contributed by atoms with Crippen LogP contribution in [0.25, 0.3) is 33.4 Å². The molecule has 12 rings (SSSR count). The van der Waals surface area contributed by atoms with Crippen molar-refractivity contribution in [2.45, 2.75) is 11.1 Å². The van der Waals surface area contributed by atoms with Gasteiger partial charge in [0.2, 0.25) is 11.8 Å². The zero-order valence-corrected chi connectivity index (χ0v) is 34.1. The van der Waals surface area contributed by atoms with Gasteiger partial charge >= 0.3 is 5.76 Å². The smallest absolute Gasteiger partial charge is 0.419 e. The zero-order chi connectivity index (χ0) is 42.3. The van der Waals surface area contributed by atoms with E-state index >= 15 is 0 Å². The molecule has 0 saturated carbocycles. The number of nitrogens with zero attached hydrogens (tertiary/aromatic N) is 6. The lowest BCUT2D eigenvalue weighted by Gasteiger charge is -2.33. The molecule has 2 amide bonds. The summed E-state index contributed by atoms with van der Waals surface area (Å²) >= 11 is 1.33. The molecule has 18 heteroatoms. The molecule has 314 valence electrons. The fourth-order valence-electron chi connectivity index (χ4n) is 8.46. The number of nitrogens with one attached hydrogen (secondary N) is 1. The molecule has 0 bridgehead atoms. The van der Waals surface area contributed by atoms with Crippen molar-refractivity contribution in [3.8, 4) is 56.9 Å². The van der Waals surface area contributed by atoms with Crippen molar-refractivity contribution < 1.29 is 42.4 Å². The topological polar surface area (TPSA) is 182 Å². The second-order valence-corrected chi connectivity index (χ2v) is 16.1. The molecule has 0 aliphatic carbocycles. The summed E-state index contributed by atoms with van der Waals surface area (Å²) in [5.74, 6) is 2.13. The number of fused-ring (bicyclic) bond motifs is 6. The van der Waals surface area contributed by atoms with E-state index in [0.717, 1.165) is 28.1 Å². The van der Waals surface area contributed by atoms with E-state index in [2.05, 4.69) is 15.3 Å². The van der Waals surface area contributed by atoms with Crippen LogP contribution in [-0.4, -0.2) is 76.7 Å². The first-order valence-corrected chi connectivity index (χ1v) is 21.1. The largest absolute Gasteiger partial charge is 0.490 e. The number of amides is 2. The van der Waals surface area contributed by atoms with Crippen molar-refractivity contribution in [3.05, 3.63) is 102 Å². The third-order valence-corrected chi connectivity index (χ3v) is 12.4. The van der Waals surface area contributed by atoms with Crippen LogP contribution in [0.4, 0.5) is 28.4 Å². The molecule has 9 heterocycles. The van der Waals surface area contributed by atoms with Crippen LogP contribution in [0.1, 0.15) is 11.8 Å². The minimum Gasteiger partial charge on any atom is -0.490 e. The number of carbonyl (C=O) groups excluding carboxylic acids is 2. The highest BCUT2D eigenvalue weighted by Crippen LogP contribution is 2.48. The van der Waals surface area contributed by atoms with Crippen molar-refractivity contribution >= 4 is 63.1 Å². The Morgan fingerprint density at radius 1 is 0.698 bits per heavy atom. The molecule has 0 spiro atoms. The summed E-state index contributed by atoms with van der Waals surface area (Å²) in [6.07, 6.45) is 4.43. The van der Waals surface area contributed by atoms with E-state index in [1.165, 1.54) is 21.2 Å². The number of carbonyl (C=O) groups is 2. The Hall–Kier alpha value is -7.73. The van der Waals surface area contributed by atoms with Crippen LogP contribution < -0.4 is 49.3 Å². The lowest BCUT2D eigenvalue weighted by molar-refractivity contribution is -0.120. The van der Waals surface area contributed by atoms with Gasteiger partial charge in [0.05, 0.1) is 52.1 Å². The number of aryl methyl sites for hydroxylation is 1. The van der Waals surface area contributed by atoms with E-state index in [0.29, 0.717) is 99.5 Å². The number of hydrogen-bond acceptors (Lipinski definition) is 15. The lowest BCUT2D eigenvalue weighted by Crippen LogP contribution is -2.36. The molecule has 1 N–H and O–H groups in total. The zero-order valence-electron chi connectivity index (χ0n) is 33.3. The SMILES string of the molecule is Cn1c(=O)oc2ccc(-c3cnc4c(c3)N(c3cnc5c(c3)N(c3ccc6c(c3)OCC(c3cc7c(cn3)OCCO7)O6)C(=O)CO5)C(=O)CS4)c(-c3ccc4c(c3)NCCO4)c21. The van der Waals surface area contributed by atoms with Gasteiger partial charge in [-0.05, 0) is 59.7 Å². The number of anilines is 5. The minimum absolute atomic E-state index is 0.124. The Bertz CT molecular complexity index is 3150. The maximum absolute atomic E-state index is 14.0. The average molecular weight is 864 g/mol. The van der Waals surface area contributed by atoms with Crippen LogP contribution in [0, 0.1) is 0 Å². The number of benzene rings is 3. The average Bonchev–Trinajstić information content (AvgIpc) is 3.62. The molecule has 7 aromatic rings. The van der Waals surface area contributed by atoms with Crippen molar-refractivity contribution in [1.82, 2.24) is 19.5 Å². The van der Waals surface area contributed by atoms with E-state index in [-0.39, 0.29) is 36.7 Å². The highest BCUT2D eigenvalue weighted by atomic mass is 32.2. The fraction of sp³-hybridized carbons (Fsp3) is 0.200. The number of aromatic nitrogens is 4. The minimum atomic E-state index is -0.500. The molecule has 0 fully saturated rings. The Labute approximate surface area is 361 Å². The maximum atomic E-state index is 14.0. The quantitative estimate of drug-likeness (QED) is 0.196. The van der Waals surface area contributed by atoms with Crippen molar-refractivity contribution in [3.63, 3.8) is 0 Å². The van der Waals surface area contributed by atoms with Gasteiger partial charge in [0.15, 0.2) is 41.3 Å². The van der Waals surface area contributed by atoms with Gasteiger partial charge in [-0.15, -0.1) is 0 Å². The van der Waals surface area contributed by atoms with Gasteiger partial charge in [0, 0.05) is 43.0 Å². The van der Waals surface area contributed by atoms with Gasteiger partial charge in [0.25, 0.3) is 5.91 Å². The highest BCUT2D eigenvalue weighted by Gasteiger charge is 2.35. The molecule has 5 aliphatic rings. The first-order chi connectivity index (χ1) is 30.8. The van der Waals surface area contributed by atoms with Gasteiger partial charge in [0.1, 0.15) is 42.9 Å². The van der Waals surface area contributed by atoms with Crippen LogP contribution in [0.5, 0.6) is 34.6 Å². The van der Waals surface area contributed by atoms with E-state index < -0.39 is 11.9 Å². The van der Waals surface area contributed by atoms with Crippen LogP contribution in [-0.2, 0) is 16.6 Å². The Morgan fingerprint density at radius 3 is 2.46 bits per heavy atom. The van der Waals surface area contributed by atoms with Gasteiger partial charge in [-0.25, -0.2) is 14.8 Å². The Morgan fingerprint density at radius 2 is 1.54 bits per heavy atom. The summed E-state index contributed by atoms with van der Waals surface area (Å²) in [6, 6.07) is 20.1. The molecule has 1 unspecified atom stereocenters.